The van der Waals surface area contributed by atoms with E-state index in [4.69, 9.17) is 0 Å². The van der Waals surface area contributed by atoms with Gasteiger partial charge in [-0.05, 0) is 36.8 Å². The van der Waals surface area contributed by atoms with Gasteiger partial charge < -0.3 is 15.4 Å². The van der Waals surface area contributed by atoms with Crippen LogP contribution < -0.4 is 5.32 Å². The topological polar surface area (TPSA) is 60.9 Å². The van der Waals surface area contributed by atoms with Gasteiger partial charge in [0, 0.05) is 13.2 Å². The van der Waals surface area contributed by atoms with Gasteiger partial charge in [-0.2, -0.15) is 0 Å². The molecule has 2 unspecified atom stereocenters. The molecule has 0 saturated heterocycles. The number of fused-ring (bicyclic) bond motifs is 1. The highest BCUT2D eigenvalue weighted by atomic mass is 16.3. The molecule has 1 heterocycles. The number of aromatic nitrogens is 2. The van der Waals surface area contributed by atoms with Gasteiger partial charge >= 0.3 is 0 Å². The van der Waals surface area contributed by atoms with Gasteiger partial charge in [-0.1, -0.05) is 25.0 Å². The smallest absolute Gasteiger partial charge is 0.201 e. The molecule has 2 atom stereocenters. The van der Waals surface area contributed by atoms with Crippen LogP contribution in [0.25, 0.3) is 11.0 Å². The highest BCUT2D eigenvalue weighted by Gasteiger charge is 2.24. The molecule has 19 heavy (non-hydrogen) atoms. The van der Waals surface area contributed by atoms with Crippen LogP contribution in [0.15, 0.2) is 24.3 Å². The van der Waals surface area contributed by atoms with Crippen molar-refractivity contribution in [2.75, 3.05) is 18.5 Å². The predicted octanol–water partition coefficient (Wildman–Crippen LogP) is 2.77. The van der Waals surface area contributed by atoms with E-state index in [1.807, 2.05) is 24.3 Å². The third-order valence-corrected chi connectivity index (χ3v) is 4.22. The third-order valence-electron chi connectivity index (χ3n) is 4.22. The molecule has 3 N–H and O–H groups in total. The minimum absolute atomic E-state index is 0.312. The highest BCUT2D eigenvalue weighted by Crippen LogP contribution is 2.29. The number of anilines is 1. The lowest BCUT2D eigenvalue weighted by atomic mass is 9.80. The van der Waals surface area contributed by atoms with E-state index in [2.05, 4.69) is 15.3 Å². The molecule has 2 aromatic rings. The predicted molar refractivity (Wildman–Crippen MR) is 77.1 cm³/mol. The molecule has 1 saturated carbocycles. The van der Waals surface area contributed by atoms with Crippen molar-refractivity contribution in [1.29, 1.82) is 0 Å². The first-order valence-electron chi connectivity index (χ1n) is 7.16. The molecule has 0 spiro atoms. The Morgan fingerprint density at radius 3 is 2.79 bits per heavy atom. The molecular weight excluding hydrogens is 238 g/mol. The number of aromatic amines is 1. The molecule has 0 bridgehead atoms. The Kier molecular flexibility index (Phi) is 3.69. The van der Waals surface area contributed by atoms with Gasteiger partial charge in [0.05, 0.1) is 11.0 Å². The van der Waals surface area contributed by atoms with Crippen LogP contribution in [0.5, 0.6) is 0 Å². The number of nitrogens with one attached hydrogen (secondary N) is 2. The number of para-hydroxylation sites is 2. The average Bonchev–Trinajstić information content (AvgIpc) is 2.88. The van der Waals surface area contributed by atoms with Gasteiger partial charge in [0.15, 0.2) is 0 Å². The van der Waals surface area contributed by atoms with Crippen molar-refractivity contribution >= 4 is 17.0 Å². The van der Waals surface area contributed by atoms with Crippen molar-refractivity contribution in [3.8, 4) is 0 Å². The number of imidazole rings is 1. The van der Waals surface area contributed by atoms with Gasteiger partial charge in [0.2, 0.25) is 5.95 Å². The van der Waals surface area contributed by atoms with E-state index < -0.39 is 0 Å². The molecule has 1 aromatic carbocycles. The SMILES string of the molecule is OCC1CCCCC1CNc1nc2ccccc2[nH]1. The standard InChI is InChI=1S/C15H21N3O/c19-10-12-6-2-1-5-11(12)9-16-15-17-13-7-3-4-8-14(13)18-15/h3-4,7-8,11-12,19H,1-2,5-6,9-10H2,(H2,16,17,18). The van der Waals surface area contributed by atoms with Crippen molar-refractivity contribution in [3.63, 3.8) is 0 Å². The van der Waals surface area contributed by atoms with E-state index in [0.29, 0.717) is 18.4 Å². The Labute approximate surface area is 113 Å². The maximum absolute atomic E-state index is 9.42. The molecule has 102 valence electrons. The molecule has 1 aliphatic rings. The van der Waals surface area contributed by atoms with Gasteiger partial charge in [-0.3, -0.25) is 0 Å². The van der Waals surface area contributed by atoms with Gasteiger partial charge in [-0.25, -0.2) is 4.98 Å². The van der Waals surface area contributed by atoms with Gasteiger partial charge in [0.25, 0.3) is 0 Å². The van der Waals surface area contributed by atoms with Crippen molar-refractivity contribution in [2.45, 2.75) is 25.7 Å². The Morgan fingerprint density at radius 2 is 2.00 bits per heavy atom. The van der Waals surface area contributed by atoms with Crippen molar-refractivity contribution in [2.24, 2.45) is 11.8 Å². The molecule has 4 nitrogen and oxygen atoms in total. The molecule has 3 rings (SSSR count). The normalized spacial score (nSPS) is 23.6. The summed E-state index contributed by atoms with van der Waals surface area (Å²) in [5, 5.41) is 12.8. The van der Waals surface area contributed by atoms with Crippen LogP contribution in [0.2, 0.25) is 0 Å². The largest absolute Gasteiger partial charge is 0.396 e. The van der Waals surface area contributed by atoms with Crippen LogP contribution in [-0.2, 0) is 0 Å². The van der Waals surface area contributed by atoms with Crippen molar-refractivity contribution in [3.05, 3.63) is 24.3 Å². The average molecular weight is 259 g/mol. The summed E-state index contributed by atoms with van der Waals surface area (Å²) in [4.78, 5) is 7.80. The maximum Gasteiger partial charge on any atom is 0.201 e. The van der Waals surface area contributed by atoms with E-state index in [9.17, 15) is 5.11 Å². The van der Waals surface area contributed by atoms with Crippen LogP contribution in [0.3, 0.4) is 0 Å². The van der Waals surface area contributed by atoms with Crippen LogP contribution in [0.4, 0.5) is 5.95 Å². The Hall–Kier alpha value is -1.55. The van der Waals surface area contributed by atoms with Gasteiger partial charge in [0.1, 0.15) is 0 Å². The molecule has 0 aliphatic heterocycles. The second-order valence-corrected chi connectivity index (χ2v) is 5.47. The highest BCUT2D eigenvalue weighted by molar-refractivity contribution is 5.77. The second kappa shape index (κ2) is 5.61. The number of hydrogen-bond acceptors (Lipinski definition) is 3. The fraction of sp³-hybridized carbons (Fsp3) is 0.533. The van der Waals surface area contributed by atoms with E-state index in [-0.39, 0.29) is 0 Å². The summed E-state index contributed by atoms with van der Waals surface area (Å²) in [6.45, 7) is 1.21. The Bertz CT molecular complexity index is 504. The summed E-state index contributed by atoms with van der Waals surface area (Å²) in [5.74, 6) is 1.85. The fourth-order valence-electron chi connectivity index (χ4n) is 3.06. The van der Waals surface area contributed by atoms with Crippen LogP contribution in [0, 0.1) is 11.8 Å². The first-order chi connectivity index (χ1) is 9.36. The number of aliphatic hydroxyl groups excluding tert-OH is 1. The number of aliphatic hydroxyl groups is 1. The van der Waals surface area contributed by atoms with Crippen LogP contribution in [0.1, 0.15) is 25.7 Å². The summed E-state index contributed by atoms with van der Waals surface area (Å²) >= 11 is 0. The molecule has 4 heteroatoms. The van der Waals surface area contributed by atoms with E-state index in [1.165, 1.54) is 19.3 Å². The van der Waals surface area contributed by atoms with Crippen LogP contribution >= 0.6 is 0 Å². The summed E-state index contributed by atoms with van der Waals surface area (Å²) < 4.78 is 0. The first-order valence-corrected chi connectivity index (χ1v) is 7.16. The molecule has 1 aromatic heterocycles. The summed E-state index contributed by atoms with van der Waals surface area (Å²) in [5.41, 5.74) is 2.06. The molecule has 0 amide bonds. The number of hydrogen-bond donors (Lipinski definition) is 3. The number of rotatable bonds is 4. The lowest BCUT2D eigenvalue weighted by Crippen LogP contribution is -2.28. The lowest BCUT2D eigenvalue weighted by molar-refractivity contribution is 0.141. The molecule has 0 radical (unpaired) electrons. The quantitative estimate of drug-likeness (QED) is 0.791. The zero-order valence-corrected chi connectivity index (χ0v) is 11.1. The van der Waals surface area contributed by atoms with E-state index >= 15 is 0 Å². The molecule has 1 aliphatic carbocycles. The number of nitrogens with zero attached hydrogens (tertiary/aromatic N) is 1. The summed E-state index contributed by atoms with van der Waals surface area (Å²) in [6, 6.07) is 8.04. The summed E-state index contributed by atoms with van der Waals surface area (Å²) in [6.07, 6.45) is 4.90. The minimum Gasteiger partial charge on any atom is -0.396 e. The summed E-state index contributed by atoms with van der Waals surface area (Å²) in [7, 11) is 0. The first kappa shape index (κ1) is 12.5. The van der Waals surface area contributed by atoms with Crippen molar-refractivity contribution < 1.29 is 5.11 Å². The number of benzene rings is 1. The third kappa shape index (κ3) is 2.73. The van der Waals surface area contributed by atoms with Crippen molar-refractivity contribution in [1.82, 2.24) is 9.97 Å². The van der Waals surface area contributed by atoms with Gasteiger partial charge in [-0.15, -0.1) is 0 Å². The second-order valence-electron chi connectivity index (χ2n) is 5.47. The zero-order chi connectivity index (χ0) is 13.1. The maximum atomic E-state index is 9.42. The Morgan fingerprint density at radius 1 is 1.21 bits per heavy atom. The van der Waals surface area contributed by atoms with Crippen LogP contribution in [-0.4, -0.2) is 28.2 Å². The zero-order valence-electron chi connectivity index (χ0n) is 11.1. The fourth-order valence-corrected chi connectivity index (χ4v) is 3.06. The van der Waals surface area contributed by atoms with E-state index in [1.54, 1.807) is 0 Å². The lowest BCUT2D eigenvalue weighted by Gasteiger charge is -2.30. The number of H-pyrrole nitrogens is 1. The molecule has 1 fully saturated rings. The molecular formula is C15H21N3O. The van der Waals surface area contributed by atoms with E-state index in [0.717, 1.165) is 29.9 Å². The monoisotopic (exact) mass is 259 g/mol. The Balaban J connectivity index is 1.64. The minimum atomic E-state index is 0.312.